The highest BCUT2D eigenvalue weighted by Gasteiger charge is 2.25. The zero-order valence-corrected chi connectivity index (χ0v) is 14.8. The van der Waals surface area contributed by atoms with E-state index in [2.05, 4.69) is 28.9 Å². The zero-order chi connectivity index (χ0) is 16.6. The molecule has 3 rings (SSSR count). The number of sulfone groups is 1. The third-order valence-electron chi connectivity index (χ3n) is 4.57. The van der Waals surface area contributed by atoms with Crippen LogP contribution < -0.4 is 0 Å². The van der Waals surface area contributed by atoms with Gasteiger partial charge in [0.1, 0.15) is 5.82 Å². The lowest BCUT2D eigenvalue weighted by Gasteiger charge is -2.15. The molecule has 0 aromatic carbocycles. The summed E-state index contributed by atoms with van der Waals surface area (Å²) in [5.41, 5.74) is 1.60. The van der Waals surface area contributed by atoms with Crippen LogP contribution in [-0.2, 0) is 9.84 Å². The van der Waals surface area contributed by atoms with Gasteiger partial charge in [-0.05, 0) is 18.8 Å². The predicted octanol–water partition coefficient (Wildman–Crippen LogP) is 3.09. The SMILES string of the molecule is CC(C)c1cnn2c(C3CCCCCC3)nc(S(C)(=O)=O)nc12. The Bertz CT molecular complexity index is 803. The highest BCUT2D eigenvalue weighted by atomic mass is 32.2. The number of hydrogen-bond acceptors (Lipinski definition) is 5. The van der Waals surface area contributed by atoms with Crippen molar-refractivity contribution in [3.8, 4) is 0 Å². The molecule has 0 unspecified atom stereocenters. The Morgan fingerprint density at radius 2 is 1.78 bits per heavy atom. The Labute approximate surface area is 137 Å². The quantitative estimate of drug-likeness (QED) is 0.805. The van der Waals surface area contributed by atoms with Gasteiger partial charge >= 0.3 is 0 Å². The van der Waals surface area contributed by atoms with Crippen LogP contribution in [0.1, 0.15) is 75.6 Å². The molecule has 2 aromatic heterocycles. The van der Waals surface area contributed by atoms with Crippen LogP contribution in [0.2, 0.25) is 0 Å². The fourth-order valence-electron chi connectivity index (χ4n) is 3.27. The first kappa shape index (κ1) is 16.4. The van der Waals surface area contributed by atoms with Crippen molar-refractivity contribution in [1.82, 2.24) is 19.6 Å². The van der Waals surface area contributed by atoms with Crippen LogP contribution in [-0.4, -0.2) is 34.3 Å². The maximum Gasteiger partial charge on any atom is 0.250 e. The monoisotopic (exact) mass is 336 g/mol. The summed E-state index contributed by atoms with van der Waals surface area (Å²) in [5.74, 6) is 1.24. The number of aromatic nitrogens is 4. The Morgan fingerprint density at radius 3 is 2.35 bits per heavy atom. The molecular weight excluding hydrogens is 312 g/mol. The standard InChI is InChI=1S/C16H24N4O2S/c1-11(2)13-10-17-20-14(12-8-6-4-5-7-9-12)18-16(19-15(13)20)23(3,21)22/h10-12H,4-9H2,1-3H3. The smallest absolute Gasteiger partial charge is 0.221 e. The summed E-state index contributed by atoms with van der Waals surface area (Å²) in [5, 5.41) is 4.39. The van der Waals surface area contributed by atoms with Crippen molar-refractivity contribution in [2.75, 3.05) is 6.26 Å². The molecule has 1 aliphatic carbocycles. The molecular formula is C16H24N4O2S. The molecule has 0 aliphatic heterocycles. The van der Waals surface area contributed by atoms with E-state index < -0.39 is 9.84 Å². The highest BCUT2D eigenvalue weighted by molar-refractivity contribution is 7.90. The molecule has 2 aromatic rings. The van der Waals surface area contributed by atoms with Crippen molar-refractivity contribution < 1.29 is 8.42 Å². The van der Waals surface area contributed by atoms with E-state index in [-0.39, 0.29) is 17.0 Å². The zero-order valence-electron chi connectivity index (χ0n) is 14.0. The minimum Gasteiger partial charge on any atom is -0.221 e. The minimum atomic E-state index is -3.45. The number of fused-ring (bicyclic) bond motifs is 1. The molecule has 0 N–H and O–H groups in total. The molecule has 0 atom stereocenters. The van der Waals surface area contributed by atoms with Gasteiger partial charge in [0.25, 0.3) is 5.16 Å². The van der Waals surface area contributed by atoms with Crippen molar-refractivity contribution in [2.45, 2.75) is 69.4 Å². The second-order valence-corrected chi connectivity index (χ2v) is 8.72. The lowest BCUT2D eigenvalue weighted by molar-refractivity contribution is 0.526. The fourth-order valence-corrected chi connectivity index (χ4v) is 3.78. The van der Waals surface area contributed by atoms with Crippen LogP contribution in [0, 0.1) is 0 Å². The molecule has 0 bridgehead atoms. The van der Waals surface area contributed by atoms with Crippen LogP contribution >= 0.6 is 0 Å². The third-order valence-corrected chi connectivity index (χ3v) is 5.42. The van der Waals surface area contributed by atoms with E-state index in [1.165, 1.54) is 19.1 Å². The Balaban J connectivity index is 2.22. The first-order valence-electron chi connectivity index (χ1n) is 8.33. The van der Waals surface area contributed by atoms with Gasteiger partial charge in [-0.2, -0.15) is 10.1 Å². The second-order valence-electron chi connectivity index (χ2n) is 6.82. The molecule has 0 radical (unpaired) electrons. The van der Waals surface area contributed by atoms with Crippen molar-refractivity contribution in [3.63, 3.8) is 0 Å². The summed E-state index contributed by atoms with van der Waals surface area (Å²) < 4.78 is 25.8. The predicted molar refractivity (Wildman–Crippen MR) is 88.4 cm³/mol. The van der Waals surface area contributed by atoms with E-state index >= 15 is 0 Å². The maximum absolute atomic E-state index is 12.0. The highest BCUT2D eigenvalue weighted by Crippen LogP contribution is 2.32. The van der Waals surface area contributed by atoms with Crippen molar-refractivity contribution in [2.24, 2.45) is 0 Å². The van der Waals surface area contributed by atoms with Gasteiger partial charge in [-0.15, -0.1) is 0 Å². The fraction of sp³-hybridized carbons (Fsp3) is 0.688. The van der Waals surface area contributed by atoms with Gasteiger partial charge < -0.3 is 0 Å². The van der Waals surface area contributed by atoms with Crippen molar-refractivity contribution >= 4 is 15.5 Å². The van der Waals surface area contributed by atoms with Gasteiger partial charge in [0.2, 0.25) is 9.84 Å². The van der Waals surface area contributed by atoms with Crippen molar-refractivity contribution in [3.05, 3.63) is 17.6 Å². The Morgan fingerprint density at radius 1 is 1.13 bits per heavy atom. The lowest BCUT2D eigenvalue weighted by Crippen LogP contribution is -2.15. The van der Waals surface area contributed by atoms with Gasteiger partial charge in [-0.1, -0.05) is 39.5 Å². The number of nitrogens with zero attached hydrogens (tertiary/aromatic N) is 4. The van der Waals surface area contributed by atoms with E-state index in [1.807, 2.05) is 0 Å². The van der Waals surface area contributed by atoms with E-state index in [0.29, 0.717) is 5.65 Å². The molecule has 1 fully saturated rings. The van der Waals surface area contributed by atoms with Crippen molar-refractivity contribution in [1.29, 1.82) is 0 Å². The molecule has 0 spiro atoms. The van der Waals surface area contributed by atoms with Gasteiger partial charge in [-0.25, -0.2) is 17.9 Å². The first-order chi connectivity index (χ1) is 10.9. The van der Waals surface area contributed by atoms with E-state index in [0.717, 1.165) is 37.1 Å². The Kier molecular flexibility index (Phi) is 4.40. The van der Waals surface area contributed by atoms with Gasteiger partial charge in [0.05, 0.1) is 6.20 Å². The topological polar surface area (TPSA) is 77.2 Å². The van der Waals surface area contributed by atoms with Crippen LogP contribution in [0.4, 0.5) is 0 Å². The lowest BCUT2D eigenvalue weighted by atomic mass is 9.99. The molecule has 126 valence electrons. The molecule has 23 heavy (non-hydrogen) atoms. The maximum atomic E-state index is 12.0. The molecule has 7 heteroatoms. The third kappa shape index (κ3) is 3.24. The number of rotatable bonds is 3. The normalized spacial score (nSPS) is 17.7. The minimum absolute atomic E-state index is 0.0772. The molecule has 0 amide bonds. The van der Waals surface area contributed by atoms with E-state index in [1.54, 1.807) is 10.7 Å². The summed E-state index contributed by atoms with van der Waals surface area (Å²) in [6.07, 6.45) is 9.81. The summed E-state index contributed by atoms with van der Waals surface area (Å²) >= 11 is 0. The van der Waals surface area contributed by atoms with Crippen LogP contribution in [0.15, 0.2) is 11.4 Å². The molecule has 1 aliphatic rings. The molecule has 0 saturated heterocycles. The summed E-state index contributed by atoms with van der Waals surface area (Å²) in [6.45, 7) is 4.12. The summed E-state index contributed by atoms with van der Waals surface area (Å²) in [6, 6.07) is 0. The Hall–Kier alpha value is -1.50. The first-order valence-corrected chi connectivity index (χ1v) is 10.2. The van der Waals surface area contributed by atoms with Gasteiger partial charge in [0.15, 0.2) is 5.65 Å². The van der Waals surface area contributed by atoms with E-state index in [4.69, 9.17) is 0 Å². The second kappa shape index (κ2) is 6.19. The average molecular weight is 336 g/mol. The van der Waals surface area contributed by atoms with Crippen LogP contribution in [0.5, 0.6) is 0 Å². The summed E-state index contributed by atoms with van der Waals surface area (Å²) in [4.78, 5) is 8.72. The molecule has 1 saturated carbocycles. The average Bonchev–Trinajstić information content (AvgIpc) is 2.73. The summed E-state index contributed by atoms with van der Waals surface area (Å²) in [7, 11) is -3.45. The molecule has 2 heterocycles. The van der Waals surface area contributed by atoms with E-state index in [9.17, 15) is 8.42 Å². The molecule has 6 nitrogen and oxygen atoms in total. The van der Waals surface area contributed by atoms with Crippen LogP contribution in [0.3, 0.4) is 0 Å². The van der Waals surface area contributed by atoms with Gasteiger partial charge in [0, 0.05) is 17.7 Å². The number of hydrogen-bond donors (Lipinski definition) is 0. The van der Waals surface area contributed by atoms with Gasteiger partial charge in [-0.3, -0.25) is 0 Å². The van der Waals surface area contributed by atoms with Crippen LogP contribution in [0.25, 0.3) is 5.65 Å². The largest absolute Gasteiger partial charge is 0.250 e.